The molecule has 1 aliphatic heterocycles. The lowest BCUT2D eigenvalue weighted by Crippen LogP contribution is -2.48. The Morgan fingerprint density at radius 3 is 2.75 bits per heavy atom. The Morgan fingerprint density at radius 1 is 1.21 bits per heavy atom. The van der Waals surface area contributed by atoms with Crippen LogP contribution in [0.4, 0.5) is 5.69 Å². The number of hydrogen-bond donors (Lipinski definition) is 0. The second-order valence-corrected chi connectivity index (χ2v) is 7.39. The van der Waals surface area contributed by atoms with Gasteiger partial charge in [0.15, 0.2) is 4.96 Å². The van der Waals surface area contributed by atoms with E-state index < -0.39 is 4.92 Å². The lowest BCUT2D eigenvalue weighted by Gasteiger charge is -2.34. The van der Waals surface area contributed by atoms with E-state index in [2.05, 4.69) is 9.88 Å². The number of piperazine rings is 1. The Hall–Kier alpha value is -3.11. The molecule has 0 saturated carbocycles. The van der Waals surface area contributed by atoms with Gasteiger partial charge in [-0.05, 0) is 6.07 Å². The molecule has 0 bridgehead atoms. The zero-order valence-corrected chi connectivity index (χ0v) is 15.7. The van der Waals surface area contributed by atoms with Crippen LogP contribution in [0.2, 0.25) is 0 Å². The van der Waals surface area contributed by atoms with Crippen molar-refractivity contribution in [2.45, 2.75) is 6.54 Å². The second kappa shape index (κ2) is 7.49. The van der Waals surface area contributed by atoms with Gasteiger partial charge in [0.2, 0.25) is 0 Å². The predicted octanol–water partition coefficient (Wildman–Crippen LogP) is 1.62. The Bertz CT molecular complexity index is 1100. The number of nitro benzene ring substituents is 1. The van der Waals surface area contributed by atoms with Gasteiger partial charge in [0.25, 0.3) is 17.2 Å². The quantitative estimate of drug-likeness (QED) is 0.488. The maximum Gasteiger partial charge on any atom is 0.270 e. The minimum Gasteiger partial charge on any atom is -0.336 e. The number of fused-ring (bicyclic) bond motifs is 1. The number of benzene rings is 1. The van der Waals surface area contributed by atoms with Gasteiger partial charge >= 0.3 is 0 Å². The Morgan fingerprint density at radius 2 is 2.00 bits per heavy atom. The highest BCUT2D eigenvalue weighted by atomic mass is 32.1. The molecular weight excluding hydrogens is 382 g/mol. The molecule has 2 aromatic heterocycles. The van der Waals surface area contributed by atoms with E-state index in [4.69, 9.17) is 0 Å². The topological polar surface area (TPSA) is 101 Å². The predicted molar refractivity (Wildman–Crippen MR) is 104 cm³/mol. The van der Waals surface area contributed by atoms with E-state index in [0.717, 1.165) is 0 Å². The van der Waals surface area contributed by atoms with Crippen LogP contribution in [0, 0.1) is 10.1 Å². The first-order valence-corrected chi connectivity index (χ1v) is 9.61. The van der Waals surface area contributed by atoms with Crippen LogP contribution < -0.4 is 5.56 Å². The number of amides is 1. The van der Waals surface area contributed by atoms with Crippen LogP contribution in [-0.4, -0.2) is 56.2 Å². The number of carbonyl (C=O) groups is 1. The molecule has 1 fully saturated rings. The molecule has 0 N–H and O–H groups in total. The number of nitro groups is 1. The molecule has 0 unspecified atom stereocenters. The maximum absolute atomic E-state index is 12.6. The van der Waals surface area contributed by atoms with Crippen LogP contribution in [0.1, 0.15) is 16.1 Å². The molecule has 0 atom stereocenters. The minimum atomic E-state index is -0.505. The average molecular weight is 399 g/mol. The van der Waals surface area contributed by atoms with E-state index in [9.17, 15) is 19.7 Å². The van der Waals surface area contributed by atoms with E-state index in [1.54, 1.807) is 23.2 Å². The average Bonchev–Trinajstić information content (AvgIpc) is 3.17. The van der Waals surface area contributed by atoms with Gasteiger partial charge in [0, 0.05) is 68.1 Å². The van der Waals surface area contributed by atoms with Gasteiger partial charge in [-0.1, -0.05) is 6.07 Å². The Balaban J connectivity index is 1.40. The van der Waals surface area contributed by atoms with Crippen molar-refractivity contribution >= 4 is 27.9 Å². The number of aromatic nitrogens is 2. The molecule has 1 aliphatic rings. The lowest BCUT2D eigenvalue weighted by molar-refractivity contribution is -0.384. The summed E-state index contributed by atoms with van der Waals surface area (Å²) in [5, 5.41) is 12.7. The molecule has 3 heterocycles. The van der Waals surface area contributed by atoms with Crippen molar-refractivity contribution in [2.75, 3.05) is 26.2 Å². The molecule has 0 aliphatic carbocycles. The summed E-state index contributed by atoms with van der Waals surface area (Å²) in [6.07, 6.45) is 1.71. The first-order valence-electron chi connectivity index (χ1n) is 8.73. The Labute approximate surface area is 163 Å². The molecule has 1 amide bonds. The maximum atomic E-state index is 12.6. The molecule has 1 saturated heterocycles. The van der Waals surface area contributed by atoms with Crippen LogP contribution in [-0.2, 0) is 6.54 Å². The van der Waals surface area contributed by atoms with Gasteiger partial charge in [0.05, 0.1) is 10.6 Å². The zero-order chi connectivity index (χ0) is 19.7. The summed E-state index contributed by atoms with van der Waals surface area (Å²) in [5.74, 6) is -0.209. The number of carbonyl (C=O) groups excluding carboxylic acids is 1. The number of thiazole rings is 1. The van der Waals surface area contributed by atoms with Crippen molar-refractivity contribution < 1.29 is 9.72 Å². The fourth-order valence-corrected chi connectivity index (χ4v) is 3.98. The molecule has 28 heavy (non-hydrogen) atoms. The van der Waals surface area contributed by atoms with Crippen molar-refractivity contribution in [2.24, 2.45) is 0 Å². The highest BCUT2D eigenvalue weighted by Gasteiger charge is 2.23. The summed E-state index contributed by atoms with van der Waals surface area (Å²) in [5.41, 5.74) is 0.845. The third-order valence-corrected chi connectivity index (χ3v) is 5.46. The summed E-state index contributed by atoms with van der Waals surface area (Å²) in [6.45, 7) is 2.87. The summed E-state index contributed by atoms with van der Waals surface area (Å²) < 4.78 is 1.52. The Kier molecular flexibility index (Phi) is 4.88. The van der Waals surface area contributed by atoms with E-state index >= 15 is 0 Å². The summed E-state index contributed by atoms with van der Waals surface area (Å²) in [7, 11) is 0. The van der Waals surface area contributed by atoms with Gasteiger partial charge < -0.3 is 4.90 Å². The number of rotatable bonds is 4. The smallest absolute Gasteiger partial charge is 0.270 e. The molecule has 3 aromatic rings. The van der Waals surface area contributed by atoms with Crippen molar-refractivity contribution in [3.63, 3.8) is 0 Å². The van der Waals surface area contributed by atoms with E-state index in [1.165, 1.54) is 33.9 Å². The van der Waals surface area contributed by atoms with Crippen LogP contribution in [0.3, 0.4) is 0 Å². The third-order valence-electron chi connectivity index (χ3n) is 4.71. The number of hydrogen-bond acceptors (Lipinski definition) is 7. The van der Waals surface area contributed by atoms with Crippen LogP contribution in [0.15, 0.2) is 46.7 Å². The van der Waals surface area contributed by atoms with Crippen molar-refractivity contribution in [3.8, 4) is 0 Å². The largest absolute Gasteiger partial charge is 0.336 e. The molecule has 144 valence electrons. The SMILES string of the molecule is O=C(c1cccc([N+](=O)[O-])c1)N1CCN(Cc2cc(=O)n3ccsc3n2)CC1. The first kappa shape index (κ1) is 18.3. The van der Waals surface area contributed by atoms with Crippen molar-refractivity contribution in [3.05, 3.63) is 73.6 Å². The van der Waals surface area contributed by atoms with Crippen molar-refractivity contribution in [1.82, 2.24) is 19.2 Å². The van der Waals surface area contributed by atoms with Crippen LogP contribution in [0.5, 0.6) is 0 Å². The number of non-ortho nitro benzene ring substituents is 1. The van der Waals surface area contributed by atoms with Crippen LogP contribution >= 0.6 is 11.3 Å². The first-order chi connectivity index (χ1) is 13.5. The minimum absolute atomic E-state index is 0.0918. The summed E-state index contributed by atoms with van der Waals surface area (Å²) in [6, 6.07) is 7.33. The highest BCUT2D eigenvalue weighted by molar-refractivity contribution is 7.15. The standard InChI is InChI=1S/C18H17N5O4S/c24-16-11-14(19-18-22(16)8-9-28-18)12-20-4-6-21(7-5-20)17(25)13-2-1-3-15(10-13)23(26)27/h1-3,8-11H,4-7,12H2. The fourth-order valence-electron chi connectivity index (χ4n) is 3.24. The molecule has 0 spiro atoms. The molecule has 4 rings (SSSR count). The second-order valence-electron chi connectivity index (χ2n) is 6.52. The van der Waals surface area contributed by atoms with E-state index in [0.29, 0.717) is 48.9 Å². The van der Waals surface area contributed by atoms with Gasteiger partial charge in [-0.25, -0.2) is 4.98 Å². The zero-order valence-electron chi connectivity index (χ0n) is 14.9. The molecule has 0 radical (unpaired) electrons. The van der Waals surface area contributed by atoms with Gasteiger partial charge in [-0.15, -0.1) is 11.3 Å². The molecule has 9 nitrogen and oxygen atoms in total. The number of nitrogens with zero attached hydrogens (tertiary/aromatic N) is 5. The monoisotopic (exact) mass is 399 g/mol. The van der Waals surface area contributed by atoms with Gasteiger partial charge in [-0.2, -0.15) is 0 Å². The van der Waals surface area contributed by atoms with Gasteiger partial charge in [0.1, 0.15) is 0 Å². The molecule has 1 aromatic carbocycles. The van der Waals surface area contributed by atoms with Crippen LogP contribution in [0.25, 0.3) is 4.96 Å². The normalized spacial score (nSPS) is 15.1. The van der Waals surface area contributed by atoms with E-state index in [1.807, 2.05) is 5.38 Å². The highest BCUT2D eigenvalue weighted by Crippen LogP contribution is 2.16. The summed E-state index contributed by atoms with van der Waals surface area (Å²) in [4.78, 5) is 44.1. The molecular formula is C18H17N5O4S. The lowest BCUT2D eigenvalue weighted by atomic mass is 10.1. The van der Waals surface area contributed by atoms with Crippen molar-refractivity contribution in [1.29, 1.82) is 0 Å². The summed E-state index contributed by atoms with van der Waals surface area (Å²) >= 11 is 1.42. The third kappa shape index (κ3) is 3.64. The molecule has 10 heteroatoms. The fraction of sp³-hybridized carbons (Fsp3) is 0.278. The van der Waals surface area contributed by atoms with E-state index in [-0.39, 0.29) is 17.2 Å². The van der Waals surface area contributed by atoms with Gasteiger partial charge in [-0.3, -0.25) is 29.0 Å².